The Labute approximate surface area is 146 Å². The summed E-state index contributed by atoms with van der Waals surface area (Å²) in [5.41, 5.74) is 1.70. The van der Waals surface area contributed by atoms with E-state index >= 15 is 0 Å². The van der Waals surface area contributed by atoms with Crippen LogP contribution in [0.3, 0.4) is 0 Å². The quantitative estimate of drug-likeness (QED) is 0.730. The van der Waals surface area contributed by atoms with Crippen LogP contribution in [0.15, 0.2) is 42.5 Å². The van der Waals surface area contributed by atoms with Crippen molar-refractivity contribution in [2.75, 3.05) is 13.2 Å². The molecule has 2 rings (SSSR count). The van der Waals surface area contributed by atoms with Gasteiger partial charge in [0.05, 0.1) is 17.1 Å². The molecule has 0 saturated heterocycles. The molecule has 0 aliphatic rings. The lowest BCUT2D eigenvalue weighted by Gasteiger charge is -2.09. The third kappa shape index (κ3) is 5.45. The first-order valence-corrected chi connectivity index (χ1v) is 8.30. The molecule has 0 saturated carbocycles. The van der Waals surface area contributed by atoms with Crippen molar-refractivity contribution in [3.63, 3.8) is 0 Å². The highest BCUT2D eigenvalue weighted by molar-refractivity contribution is 6.36. The Hall–Kier alpha value is -1.71. The van der Waals surface area contributed by atoms with Crippen molar-refractivity contribution in [2.45, 2.75) is 19.8 Å². The highest BCUT2D eigenvalue weighted by atomic mass is 35.5. The van der Waals surface area contributed by atoms with Crippen molar-refractivity contribution < 1.29 is 9.53 Å². The van der Waals surface area contributed by atoms with Crippen molar-refractivity contribution in [1.82, 2.24) is 5.32 Å². The average molecular weight is 352 g/mol. The maximum absolute atomic E-state index is 12.0. The van der Waals surface area contributed by atoms with E-state index in [1.807, 2.05) is 12.1 Å². The normalized spacial score (nSPS) is 10.4. The molecule has 0 radical (unpaired) electrons. The SMILES string of the molecule is CCCc1ccc(OCCNC(=O)c2ccc(Cl)cc2Cl)cc1. The third-order valence-corrected chi connectivity index (χ3v) is 3.84. The number of aryl methyl sites for hydroxylation is 1. The molecule has 2 aromatic carbocycles. The lowest BCUT2D eigenvalue weighted by Crippen LogP contribution is -2.28. The maximum atomic E-state index is 12.0. The van der Waals surface area contributed by atoms with Gasteiger partial charge >= 0.3 is 0 Å². The minimum Gasteiger partial charge on any atom is -0.492 e. The molecule has 3 nitrogen and oxygen atoms in total. The molecule has 0 atom stereocenters. The molecule has 0 aliphatic carbocycles. The minimum atomic E-state index is -0.242. The van der Waals surface area contributed by atoms with Gasteiger partial charge in [0, 0.05) is 5.02 Å². The number of hydrogen-bond acceptors (Lipinski definition) is 2. The second-order valence-electron chi connectivity index (χ2n) is 5.12. The van der Waals surface area contributed by atoms with Crippen LogP contribution >= 0.6 is 23.2 Å². The Bertz CT molecular complexity index is 657. The van der Waals surface area contributed by atoms with Gasteiger partial charge in [-0.3, -0.25) is 4.79 Å². The van der Waals surface area contributed by atoms with Crippen molar-refractivity contribution >= 4 is 29.1 Å². The second-order valence-corrected chi connectivity index (χ2v) is 5.97. The highest BCUT2D eigenvalue weighted by Gasteiger charge is 2.09. The monoisotopic (exact) mass is 351 g/mol. The second kappa shape index (κ2) is 8.80. The summed E-state index contributed by atoms with van der Waals surface area (Å²) in [6, 6.07) is 12.8. The van der Waals surface area contributed by atoms with Gasteiger partial charge in [-0.1, -0.05) is 48.7 Å². The lowest BCUT2D eigenvalue weighted by molar-refractivity contribution is 0.0947. The van der Waals surface area contributed by atoms with Gasteiger partial charge in [-0.2, -0.15) is 0 Å². The van der Waals surface area contributed by atoms with Crippen molar-refractivity contribution in [2.24, 2.45) is 0 Å². The summed E-state index contributed by atoms with van der Waals surface area (Å²) in [7, 11) is 0. The summed E-state index contributed by atoms with van der Waals surface area (Å²) in [6.07, 6.45) is 2.19. The summed E-state index contributed by atoms with van der Waals surface area (Å²) in [4.78, 5) is 12.0. The van der Waals surface area contributed by atoms with E-state index in [1.54, 1.807) is 18.2 Å². The van der Waals surface area contributed by atoms with Crippen LogP contribution in [0.2, 0.25) is 10.0 Å². The van der Waals surface area contributed by atoms with Crippen LogP contribution < -0.4 is 10.1 Å². The predicted molar refractivity (Wildman–Crippen MR) is 94.7 cm³/mol. The zero-order chi connectivity index (χ0) is 16.7. The molecule has 0 aliphatic heterocycles. The van der Waals surface area contributed by atoms with Crippen LogP contribution in [0.1, 0.15) is 29.3 Å². The Morgan fingerprint density at radius 2 is 1.87 bits per heavy atom. The zero-order valence-corrected chi connectivity index (χ0v) is 14.5. The average Bonchev–Trinajstić information content (AvgIpc) is 2.53. The van der Waals surface area contributed by atoms with E-state index in [1.165, 1.54) is 5.56 Å². The number of rotatable bonds is 7. The van der Waals surface area contributed by atoms with E-state index < -0.39 is 0 Å². The number of halogens is 2. The van der Waals surface area contributed by atoms with Crippen LogP contribution in [0.25, 0.3) is 0 Å². The van der Waals surface area contributed by atoms with Crippen LogP contribution in [0, 0.1) is 0 Å². The number of amides is 1. The van der Waals surface area contributed by atoms with Gasteiger partial charge in [-0.15, -0.1) is 0 Å². The van der Waals surface area contributed by atoms with Gasteiger partial charge in [-0.05, 0) is 42.3 Å². The number of ether oxygens (including phenoxy) is 1. The van der Waals surface area contributed by atoms with Gasteiger partial charge in [0.2, 0.25) is 0 Å². The van der Waals surface area contributed by atoms with Gasteiger partial charge in [0.1, 0.15) is 12.4 Å². The van der Waals surface area contributed by atoms with E-state index in [-0.39, 0.29) is 5.91 Å². The topological polar surface area (TPSA) is 38.3 Å². The van der Waals surface area contributed by atoms with E-state index in [0.29, 0.717) is 28.8 Å². The smallest absolute Gasteiger partial charge is 0.252 e. The molecule has 0 aromatic heterocycles. The Morgan fingerprint density at radius 3 is 2.52 bits per heavy atom. The van der Waals surface area contributed by atoms with Gasteiger partial charge < -0.3 is 10.1 Å². The van der Waals surface area contributed by atoms with Crippen LogP contribution in [-0.2, 0) is 6.42 Å². The molecular formula is C18H19Cl2NO2. The van der Waals surface area contributed by atoms with Crippen LogP contribution in [-0.4, -0.2) is 19.1 Å². The molecule has 2 aromatic rings. The van der Waals surface area contributed by atoms with Gasteiger partial charge in [0.15, 0.2) is 0 Å². The molecule has 5 heteroatoms. The Kier molecular flexibility index (Phi) is 6.75. The molecule has 23 heavy (non-hydrogen) atoms. The standard InChI is InChI=1S/C18H19Cl2NO2/c1-2-3-13-4-7-15(8-5-13)23-11-10-21-18(22)16-9-6-14(19)12-17(16)20/h4-9,12H,2-3,10-11H2,1H3,(H,21,22). The van der Waals surface area contributed by atoms with Crippen molar-refractivity contribution in [1.29, 1.82) is 0 Å². The van der Waals surface area contributed by atoms with Crippen LogP contribution in [0.5, 0.6) is 5.75 Å². The summed E-state index contributed by atoms with van der Waals surface area (Å²) in [5.74, 6) is 0.553. The fraction of sp³-hybridized carbons (Fsp3) is 0.278. The molecule has 0 spiro atoms. The number of nitrogens with one attached hydrogen (secondary N) is 1. The maximum Gasteiger partial charge on any atom is 0.252 e. The lowest BCUT2D eigenvalue weighted by atomic mass is 10.1. The Balaban J connectivity index is 1.77. The molecule has 122 valence electrons. The molecular weight excluding hydrogens is 333 g/mol. The molecule has 0 unspecified atom stereocenters. The van der Waals surface area contributed by atoms with Crippen molar-refractivity contribution in [3.05, 3.63) is 63.6 Å². The molecule has 1 N–H and O–H groups in total. The summed E-state index contributed by atoms with van der Waals surface area (Å²) in [6.45, 7) is 2.94. The molecule has 0 heterocycles. The summed E-state index contributed by atoms with van der Waals surface area (Å²) in [5, 5.41) is 3.61. The Morgan fingerprint density at radius 1 is 1.13 bits per heavy atom. The van der Waals surface area contributed by atoms with E-state index in [9.17, 15) is 4.79 Å². The molecule has 1 amide bonds. The number of benzene rings is 2. The third-order valence-electron chi connectivity index (χ3n) is 3.29. The highest BCUT2D eigenvalue weighted by Crippen LogP contribution is 2.20. The summed E-state index contributed by atoms with van der Waals surface area (Å²) >= 11 is 11.8. The van der Waals surface area contributed by atoms with E-state index in [2.05, 4.69) is 24.4 Å². The summed E-state index contributed by atoms with van der Waals surface area (Å²) < 4.78 is 5.61. The van der Waals surface area contributed by atoms with Gasteiger partial charge in [0.25, 0.3) is 5.91 Å². The first-order valence-electron chi connectivity index (χ1n) is 7.55. The molecule has 0 bridgehead atoms. The van der Waals surface area contributed by atoms with E-state index in [0.717, 1.165) is 18.6 Å². The first-order chi connectivity index (χ1) is 11.1. The first kappa shape index (κ1) is 17.6. The van der Waals surface area contributed by atoms with Gasteiger partial charge in [-0.25, -0.2) is 0 Å². The number of carbonyl (C=O) groups excluding carboxylic acids is 1. The van der Waals surface area contributed by atoms with Crippen molar-refractivity contribution in [3.8, 4) is 5.75 Å². The fourth-order valence-corrected chi connectivity index (χ4v) is 2.64. The molecule has 0 fully saturated rings. The number of carbonyl (C=O) groups is 1. The van der Waals surface area contributed by atoms with Crippen LogP contribution in [0.4, 0.5) is 0 Å². The predicted octanol–water partition coefficient (Wildman–Crippen LogP) is 4.75. The largest absolute Gasteiger partial charge is 0.492 e. The minimum absolute atomic E-state index is 0.242. The van der Waals surface area contributed by atoms with E-state index in [4.69, 9.17) is 27.9 Å². The number of hydrogen-bond donors (Lipinski definition) is 1. The zero-order valence-electron chi connectivity index (χ0n) is 12.9. The fourth-order valence-electron chi connectivity index (χ4n) is 2.14.